The number of aliphatic carboxylic acids is 3. The molecule has 212 valence electrons. The lowest BCUT2D eigenvalue weighted by molar-refractivity contribution is -0.840. The van der Waals surface area contributed by atoms with Crippen molar-refractivity contribution in [2.45, 2.75) is 55.6 Å². The molecule has 1 aromatic carbocycles. The van der Waals surface area contributed by atoms with Crippen LogP contribution in [0.2, 0.25) is 0 Å². The largest absolute Gasteiger partial charge is 0.544 e. The molecule has 39 heavy (non-hydrogen) atoms. The summed E-state index contributed by atoms with van der Waals surface area (Å²) in [6.45, 7) is -0.697. The molecule has 3 heterocycles. The van der Waals surface area contributed by atoms with Crippen LogP contribution >= 0.6 is 0 Å². The van der Waals surface area contributed by atoms with E-state index in [-0.39, 0.29) is 30.8 Å². The van der Waals surface area contributed by atoms with Gasteiger partial charge in [-0.2, -0.15) is 0 Å². The fourth-order valence-corrected chi connectivity index (χ4v) is 4.89. The lowest BCUT2D eigenvalue weighted by Crippen LogP contribution is -3.11. The van der Waals surface area contributed by atoms with Gasteiger partial charge in [0.1, 0.15) is 60.4 Å². The molecule has 1 unspecified atom stereocenters. The van der Waals surface area contributed by atoms with Crippen molar-refractivity contribution in [3.05, 3.63) is 41.1 Å². The normalized spacial score (nSPS) is 33.1. The summed E-state index contributed by atoms with van der Waals surface area (Å²) < 4.78 is 10.8. The summed E-state index contributed by atoms with van der Waals surface area (Å²) >= 11 is 0. The highest BCUT2D eigenvalue weighted by atomic mass is 16.7. The second-order valence-electron chi connectivity index (χ2n) is 9.48. The Morgan fingerprint density at radius 1 is 1.13 bits per heavy atom. The van der Waals surface area contributed by atoms with Gasteiger partial charge < -0.3 is 60.4 Å². The van der Waals surface area contributed by atoms with Gasteiger partial charge in [-0.3, -0.25) is 4.90 Å². The zero-order valence-electron chi connectivity index (χ0n) is 20.3. The van der Waals surface area contributed by atoms with E-state index in [1.807, 2.05) is 0 Å². The van der Waals surface area contributed by atoms with E-state index in [1.54, 1.807) is 0 Å². The number of quaternary nitrogens is 1. The molecule has 0 aliphatic carbocycles. The number of phenols is 1. The summed E-state index contributed by atoms with van der Waals surface area (Å²) in [5, 5.41) is 83.0. The molecule has 0 aromatic heterocycles. The van der Waals surface area contributed by atoms with Crippen molar-refractivity contribution in [3.63, 3.8) is 0 Å². The molecule has 0 saturated carbocycles. The van der Waals surface area contributed by atoms with Crippen molar-refractivity contribution < 1.29 is 69.6 Å². The van der Waals surface area contributed by atoms with Gasteiger partial charge in [0.25, 0.3) is 0 Å². The van der Waals surface area contributed by atoms with Gasteiger partial charge in [0, 0.05) is 24.5 Å². The van der Waals surface area contributed by atoms with E-state index in [2.05, 4.69) is 5.32 Å². The number of hydrogen-bond acceptors (Lipinski definition) is 12. The van der Waals surface area contributed by atoms with Gasteiger partial charge in [-0.25, -0.2) is 9.59 Å². The Balaban J connectivity index is 1.59. The Morgan fingerprint density at radius 3 is 2.46 bits per heavy atom. The summed E-state index contributed by atoms with van der Waals surface area (Å²) in [6, 6.07) is 0.275. The quantitative estimate of drug-likeness (QED) is 0.147. The smallest absolute Gasteiger partial charge is 0.351 e. The summed E-state index contributed by atoms with van der Waals surface area (Å²) in [7, 11) is 0. The number of rotatable bonds is 8. The van der Waals surface area contributed by atoms with Gasteiger partial charge in [0.2, 0.25) is 6.29 Å². The van der Waals surface area contributed by atoms with Crippen molar-refractivity contribution in [2.75, 3.05) is 13.2 Å². The average Bonchev–Trinajstić information content (AvgIpc) is 3.24. The predicted octanol–water partition coefficient (Wildman–Crippen LogP) is -4.90. The first-order chi connectivity index (χ1) is 18.4. The fraction of sp³-hybridized carbons (Fsp3) is 0.458. The number of phenolic OH excluding ortho intramolecular Hbond substituents is 1. The van der Waals surface area contributed by atoms with Crippen LogP contribution in [0, 0.1) is 0 Å². The van der Waals surface area contributed by atoms with Crippen LogP contribution in [0.1, 0.15) is 12.0 Å². The zero-order valence-corrected chi connectivity index (χ0v) is 20.3. The third-order valence-corrected chi connectivity index (χ3v) is 6.96. The van der Waals surface area contributed by atoms with Crippen molar-refractivity contribution in [1.29, 1.82) is 0 Å². The minimum atomic E-state index is -1.73. The second-order valence-corrected chi connectivity index (χ2v) is 9.48. The Morgan fingerprint density at radius 2 is 1.85 bits per heavy atom. The summed E-state index contributed by atoms with van der Waals surface area (Å²) in [6.07, 6.45) is -5.17. The van der Waals surface area contributed by atoms with E-state index < -0.39 is 73.1 Å². The molecule has 0 spiro atoms. The van der Waals surface area contributed by atoms with E-state index in [0.29, 0.717) is 21.7 Å². The Hall–Kier alpha value is -3.73. The Bertz CT molecular complexity index is 1210. The zero-order chi connectivity index (χ0) is 28.6. The number of carbonyl (C=O) groups is 3. The highest BCUT2D eigenvalue weighted by Crippen LogP contribution is 2.36. The molecule has 9 N–H and O–H groups in total. The average molecular weight is 552 g/mol. The number of fused-ring (bicyclic) bond motifs is 1. The number of allylic oxidation sites excluding steroid dienone is 1. The highest BCUT2D eigenvalue weighted by molar-refractivity contribution is 5.89. The van der Waals surface area contributed by atoms with Crippen molar-refractivity contribution in [3.8, 4) is 11.5 Å². The molecule has 8 atom stereocenters. The molecule has 1 saturated heterocycles. The second kappa shape index (κ2) is 11.2. The number of hydrogen-bond donors (Lipinski definition) is 9. The lowest BCUT2D eigenvalue weighted by atomic mass is 9.99. The van der Waals surface area contributed by atoms with Crippen molar-refractivity contribution in [1.82, 2.24) is 5.32 Å². The van der Waals surface area contributed by atoms with Crippen LogP contribution in [0.5, 0.6) is 11.5 Å². The van der Waals surface area contributed by atoms with Crippen molar-refractivity contribution >= 4 is 23.6 Å². The minimum Gasteiger partial charge on any atom is -0.544 e. The van der Waals surface area contributed by atoms with Gasteiger partial charge in [-0.1, -0.05) is 0 Å². The number of aliphatic hydroxyl groups is 4. The van der Waals surface area contributed by atoms with Crippen LogP contribution in [0.3, 0.4) is 0 Å². The third kappa shape index (κ3) is 5.68. The number of carboxylic acids is 3. The SMILES string of the molecule is O=C(O)C1=C/C(=C/C[NH+]2c3cc(O)c(O[C@@H]4O[C@@H](CO)[C@@H](O)[C@H](O)[C@H]4O)cc3C[C@H]2C(=O)[O-])C[C@H](C(=O)O)N1. The number of benzene rings is 1. The molecule has 0 bridgehead atoms. The van der Waals surface area contributed by atoms with E-state index in [9.17, 15) is 55.2 Å². The standard InChI is InChI=1S/C24H28N2O13/c27-8-17-18(29)19(30)20(31)24(39-17)38-16-6-10-5-14(23(36)37)26(13(10)7-15(16)28)2-1-9-3-11(21(32)33)25-12(4-9)22(34)35/h1,3,6-7,12,14,17-20,24-25,27-31H,2,4-5,8H2,(H,32,33)(H,34,35)(H,36,37)/b9-1-/t12-,14+,17+,18-,19+,20-,24-/m1/s1. The van der Waals surface area contributed by atoms with Crippen LogP contribution in [0.15, 0.2) is 35.6 Å². The van der Waals surface area contributed by atoms with Crippen molar-refractivity contribution in [2.24, 2.45) is 0 Å². The third-order valence-electron chi connectivity index (χ3n) is 6.96. The molecule has 3 aliphatic rings. The molecule has 15 nitrogen and oxygen atoms in total. The van der Waals surface area contributed by atoms with Gasteiger partial charge in [0.05, 0.1) is 6.61 Å². The molecule has 4 rings (SSSR count). The first-order valence-corrected chi connectivity index (χ1v) is 11.9. The predicted molar refractivity (Wildman–Crippen MR) is 123 cm³/mol. The number of nitrogens with one attached hydrogen (secondary N) is 2. The van der Waals surface area contributed by atoms with E-state index >= 15 is 0 Å². The summed E-state index contributed by atoms with van der Waals surface area (Å²) in [4.78, 5) is 35.1. The van der Waals surface area contributed by atoms with Crippen LogP contribution in [0.4, 0.5) is 5.69 Å². The number of ether oxygens (including phenoxy) is 2. The molecular formula is C24H28N2O13. The van der Waals surface area contributed by atoms with E-state index in [1.165, 1.54) is 24.3 Å². The Kier molecular flexibility index (Phi) is 8.10. The molecule has 0 amide bonds. The fourth-order valence-electron chi connectivity index (χ4n) is 4.89. The minimum absolute atomic E-state index is 0.0108. The number of carboxylic acid groups (broad SMARTS) is 3. The monoisotopic (exact) mass is 552 g/mol. The lowest BCUT2D eigenvalue weighted by Gasteiger charge is -2.39. The van der Waals surface area contributed by atoms with Crippen LogP contribution in [0.25, 0.3) is 0 Å². The summed E-state index contributed by atoms with van der Waals surface area (Å²) in [5.41, 5.74) is 0.848. The van der Waals surface area contributed by atoms with Gasteiger partial charge in [-0.05, 0) is 23.8 Å². The van der Waals surface area contributed by atoms with Crippen LogP contribution < -0.4 is 20.1 Å². The van der Waals surface area contributed by atoms with E-state index in [0.717, 1.165) is 0 Å². The maximum atomic E-state index is 11.9. The summed E-state index contributed by atoms with van der Waals surface area (Å²) in [5.74, 6) is -4.68. The van der Waals surface area contributed by atoms with Crippen LogP contribution in [-0.4, -0.2) is 110 Å². The van der Waals surface area contributed by atoms with E-state index in [4.69, 9.17) is 9.47 Å². The van der Waals surface area contributed by atoms with Crippen LogP contribution in [-0.2, 0) is 25.5 Å². The number of aliphatic hydroxyl groups excluding tert-OH is 4. The Labute approximate surface area is 220 Å². The number of carbonyl (C=O) groups excluding carboxylic acids is 1. The molecular weight excluding hydrogens is 524 g/mol. The molecule has 3 aliphatic heterocycles. The first kappa shape index (κ1) is 28.3. The first-order valence-electron chi connectivity index (χ1n) is 11.9. The highest BCUT2D eigenvalue weighted by Gasteiger charge is 2.45. The van der Waals surface area contributed by atoms with Gasteiger partial charge in [0.15, 0.2) is 11.5 Å². The topological polar surface area (TPSA) is 251 Å². The van der Waals surface area contributed by atoms with Gasteiger partial charge in [-0.15, -0.1) is 0 Å². The maximum absolute atomic E-state index is 11.9. The molecule has 15 heteroatoms. The maximum Gasteiger partial charge on any atom is 0.351 e. The van der Waals surface area contributed by atoms with Gasteiger partial charge >= 0.3 is 11.9 Å². The molecule has 1 aromatic rings. The molecule has 0 radical (unpaired) electrons. The number of aromatic hydroxyl groups is 1. The molecule has 1 fully saturated rings.